The van der Waals surface area contributed by atoms with Gasteiger partial charge in [0.1, 0.15) is 13.2 Å². The summed E-state index contributed by atoms with van der Waals surface area (Å²) in [6.45, 7) is 6.49. The fourth-order valence-corrected chi connectivity index (χ4v) is 6.96. The molecule has 0 aromatic heterocycles. The first kappa shape index (κ1) is 56.4. The van der Waals surface area contributed by atoms with E-state index in [1.54, 1.807) is 0 Å². The second kappa shape index (κ2) is 48.0. The standard InChI is InChI=1S/C53H94O6/c1-4-7-10-13-15-17-19-20-21-22-23-24-25-26-27-28-29-30-31-32-34-35-37-40-43-46-52(55)58-49-50(48-57-51(54)45-42-39-12-9-6-3)59-53(56)47-44-41-38-36-33-18-16-14-11-8-5-2/h14,16,19-20,22-23,25-26,50H,4-13,15,17-18,21,24,27-49H2,1-3H3/b16-14-,20-19-,23-22-,26-25-. The predicted octanol–water partition coefficient (Wildman–Crippen LogP) is 16.3. The van der Waals surface area contributed by atoms with E-state index < -0.39 is 6.10 Å². The number of hydrogen-bond donors (Lipinski definition) is 0. The lowest BCUT2D eigenvalue weighted by Crippen LogP contribution is -2.30. The first-order chi connectivity index (χ1) is 29.0. The zero-order valence-corrected chi connectivity index (χ0v) is 39.0. The summed E-state index contributed by atoms with van der Waals surface area (Å²) in [5.41, 5.74) is 0. The number of unbranched alkanes of at least 4 members (excludes halogenated alkanes) is 26. The molecule has 342 valence electrons. The van der Waals surface area contributed by atoms with Gasteiger partial charge in [-0.3, -0.25) is 14.4 Å². The molecule has 0 radical (unpaired) electrons. The maximum absolute atomic E-state index is 12.7. The molecule has 0 fully saturated rings. The minimum Gasteiger partial charge on any atom is -0.462 e. The third kappa shape index (κ3) is 46.3. The van der Waals surface area contributed by atoms with Gasteiger partial charge >= 0.3 is 17.9 Å². The van der Waals surface area contributed by atoms with E-state index in [-0.39, 0.29) is 31.1 Å². The summed E-state index contributed by atoms with van der Waals surface area (Å²) in [6, 6.07) is 0. The van der Waals surface area contributed by atoms with Gasteiger partial charge in [0.2, 0.25) is 0 Å². The lowest BCUT2D eigenvalue weighted by Gasteiger charge is -2.18. The summed E-state index contributed by atoms with van der Waals surface area (Å²) < 4.78 is 16.6. The topological polar surface area (TPSA) is 78.9 Å². The van der Waals surface area contributed by atoms with E-state index in [1.807, 2.05) is 0 Å². The highest BCUT2D eigenvalue weighted by atomic mass is 16.6. The molecule has 0 N–H and O–H groups in total. The second-order valence-corrected chi connectivity index (χ2v) is 16.7. The normalized spacial score (nSPS) is 12.4. The SMILES string of the molecule is CCCC/C=C\CCCCCCCC(=O)OC(COC(=O)CCCCCCC)COC(=O)CCCCCCCCCCCC/C=C\C/C=C\C/C=C\CCCCCCC. The molecule has 0 aliphatic rings. The molecule has 59 heavy (non-hydrogen) atoms. The van der Waals surface area contributed by atoms with Crippen LogP contribution in [0.2, 0.25) is 0 Å². The van der Waals surface area contributed by atoms with Crippen molar-refractivity contribution in [2.24, 2.45) is 0 Å². The second-order valence-electron chi connectivity index (χ2n) is 16.7. The zero-order valence-electron chi connectivity index (χ0n) is 39.0. The number of ether oxygens (including phenoxy) is 3. The Labute approximate surface area is 365 Å². The minimum absolute atomic E-state index is 0.0781. The van der Waals surface area contributed by atoms with E-state index >= 15 is 0 Å². The Morgan fingerprint density at radius 2 is 0.627 bits per heavy atom. The molecule has 0 heterocycles. The Hall–Kier alpha value is -2.63. The van der Waals surface area contributed by atoms with Crippen molar-refractivity contribution in [1.29, 1.82) is 0 Å². The van der Waals surface area contributed by atoms with Gasteiger partial charge < -0.3 is 14.2 Å². The van der Waals surface area contributed by atoms with Crippen molar-refractivity contribution < 1.29 is 28.6 Å². The van der Waals surface area contributed by atoms with Crippen molar-refractivity contribution in [3.63, 3.8) is 0 Å². The highest BCUT2D eigenvalue weighted by Gasteiger charge is 2.19. The Bertz CT molecular complexity index is 1040. The monoisotopic (exact) mass is 827 g/mol. The summed E-state index contributed by atoms with van der Waals surface area (Å²) in [5, 5.41) is 0. The van der Waals surface area contributed by atoms with Gasteiger partial charge in [0.05, 0.1) is 0 Å². The highest BCUT2D eigenvalue weighted by Crippen LogP contribution is 2.14. The molecule has 0 rings (SSSR count). The molecule has 1 unspecified atom stereocenters. The van der Waals surface area contributed by atoms with E-state index in [9.17, 15) is 14.4 Å². The minimum atomic E-state index is -0.772. The van der Waals surface area contributed by atoms with Crippen LogP contribution in [0, 0.1) is 0 Å². The van der Waals surface area contributed by atoms with Crippen LogP contribution < -0.4 is 0 Å². The molecule has 0 aromatic carbocycles. The van der Waals surface area contributed by atoms with Crippen LogP contribution in [0.1, 0.15) is 252 Å². The number of rotatable bonds is 45. The summed E-state index contributed by atoms with van der Waals surface area (Å²) in [5.74, 6) is -0.904. The summed E-state index contributed by atoms with van der Waals surface area (Å²) in [7, 11) is 0. The number of hydrogen-bond acceptors (Lipinski definition) is 6. The van der Waals surface area contributed by atoms with Crippen molar-refractivity contribution in [2.75, 3.05) is 13.2 Å². The molecule has 6 heteroatoms. The van der Waals surface area contributed by atoms with Crippen LogP contribution >= 0.6 is 0 Å². The number of carbonyl (C=O) groups is 3. The first-order valence-corrected chi connectivity index (χ1v) is 25.1. The maximum Gasteiger partial charge on any atom is 0.306 e. The summed E-state index contributed by atoms with van der Waals surface area (Å²) >= 11 is 0. The molecule has 0 amide bonds. The van der Waals surface area contributed by atoms with Crippen LogP contribution in [-0.4, -0.2) is 37.2 Å². The Morgan fingerprint density at radius 3 is 1.02 bits per heavy atom. The molecular weight excluding hydrogens is 733 g/mol. The fraction of sp³-hybridized carbons (Fsp3) is 0.792. The molecule has 0 aromatic rings. The number of carbonyl (C=O) groups excluding carboxylic acids is 3. The Balaban J connectivity index is 4.07. The van der Waals surface area contributed by atoms with Gasteiger partial charge in [0.25, 0.3) is 0 Å². The van der Waals surface area contributed by atoms with Gasteiger partial charge in [-0.1, -0.05) is 204 Å². The van der Waals surface area contributed by atoms with Crippen molar-refractivity contribution in [1.82, 2.24) is 0 Å². The quantitative estimate of drug-likeness (QED) is 0.0263. The average Bonchev–Trinajstić information content (AvgIpc) is 3.23. The van der Waals surface area contributed by atoms with Crippen LogP contribution in [0.5, 0.6) is 0 Å². The van der Waals surface area contributed by atoms with E-state index in [1.165, 1.54) is 122 Å². The molecule has 0 aliphatic heterocycles. The van der Waals surface area contributed by atoms with Gasteiger partial charge in [-0.25, -0.2) is 0 Å². The zero-order chi connectivity index (χ0) is 43.0. The molecule has 0 bridgehead atoms. The lowest BCUT2D eigenvalue weighted by atomic mass is 10.1. The van der Waals surface area contributed by atoms with Crippen molar-refractivity contribution in [2.45, 2.75) is 258 Å². The van der Waals surface area contributed by atoms with Crippen LogP contribution in [0.4, 0.5) is 0 Å². The van der Waals surface area contributed by atoms with Crippen molar-refractivity contribution in [3.8, 4) is 0 Å². The third-order valence-corrected chi connectivity index (χ3v) is 10.8. The van der Waals surface area contributed by atoms with E-state index in [2.05, 4.69) is 69.4 Å². The van der Waals surface area contributed by atoms with Gasteiger partial charge in [0, 0.05) is 19.3 Å². The Kier molecular flexibility index (Phi) is 45.9. The van der Waals surface area contributed by atoms with Crippen molar-refractivity contribution in [3.05, 3.63) is 48.6 Å². The molecule has 6 nitrogen and oxygen atoms in total. The van der Waals surface area contributed by atoms with E-state index in [4.69, 9.17) is 14.2 Å². The summed E-state index contributed by atoms with van der Waals surface area (Å²) in [4.78, 5) is 37.5. The molecule has 0 aliphatic carbocycles. The highest BCUT2D eigenvalue weighted by molar-refractivity contribution is 5.71. The molecule has 1 atom stereocenters. The molecule has 0 saturated carbocycles. The fourth-order valence-electron chi connectivity index (χ4n) is 6.96. The maximum atomic E-state index is 12.7. The van der Waals surface area contributed by atoms with Crippen LogP contribution in [-0.2, 0) is 28.6 Å². The van der Waals surface area contributed by atoms with Gasteiger partial charge in [-0.15, -0.1) is 0 Å². The van der Waals surface area contributed by atoms with Gasteiger partial charge in [-0.05, 0) is 77.0 Å². The summed E-state index contributed by atoms with van der Waals surface area (Å²) in [6.07, 6.45) is 57.1. The van der Waals surface area contributed by atoms with Crippen LogP contribution in [0.15, 0.2) is 48.6 Å². The van der Waals surface area contributed by atoms with Gasteiger partial charge in [-0.2, -0.15) is 0 Å². The third-order valence-electron chi connectivity index (χ3n) is 10.8. The smallest absolute Gasteiger partial charge is 0.306 e. The van der Waals surface area contributed by atoms with Crippen LogP contribution in [0.3, 0.4) is 0 Å². The van der Waals surface area contributed by atoms with Crippen LogP contribution in [0.25, 0.3) is 0 Å². The van der Waals surface area contributed by atoms with E-state index in [0.29, 0.717) is 19.3 Å². The number of allylic oxidation sites excluding steroid dienone is 8. The molecule has 0 spiro atoms. The first-order valence-electron chi connectivity index (χ1n) is 25.1. The lowest BCUT2D eigenvalue weighted by molar-refractivity contribution is -0.167. The average molecular weight is 827 g/mol. The van der Waals surface area contributed by atoms with Crippen molar-refractivity contribution >= 4 is 17.9 Å². The molecule has 0 saturated heterocycles. The predicted molar refractivity (Wildman–Crippen MR) is 252 cm³/mol. The van der Waals surface area contributed by atoms with Gasteiger partial charge in [0.15, 0.2) is 6.10 Å². The molecular formula is C53H94O6. The Morgan fingerprint density at radius 1 is 0.339 bits per heavy atom. The number of esters is 3. The van der Waals surface area contributed by atoms with E-state index in [0.717, 1.165) is 89.9 Å². The largest absolute Gasteiger partial charge is 0.462 e.